The highest BCUT2D eigenvalue weighted by molar-refractivity contribution is 6.30. The van der Waals surface area contributed by atoms with Crippen LogP contribution in [-0.2, 0) is 11.3 Å². The van der Waals surface area contributed by atoms with E-state index in [0.29, 0.717) is 24.1 Å². The molecule has 0 radical (unpaired) electrons. The fourth-order valence-corrected chi connectivity index (χ4v) is 3.63. The van der Waals surface area contributed by atoms with Gasteiger partial charge in [-0.15, -0.1) is 0 Å². The predicted octanol–water partition coefficient (Wildman–Crippen LogP) is 4.42. The number of nitrogens with one attached hydrogen (secondary N) is 1. The zero-order chi connectivity index (χ0) is 23.1. The second-order valence-electron chi connectivity index (χ2n) is 7.77. The summed E-state index contributed by atoms with van der Waals surface area (Å²) in [6.45, 7) is 5.73. The number of amides is 1. The number of benzene rings is 1. The number of carbonyl (C=O) groups is 1. The lowest BCUT2D eigenvalue weighted by Crippen LogP contribution is -2.29. The van der Waals surface area contributed by atoms with Gasteiger partial charge in [0.15, 0.2) is 0 Å². The summed E-state index contributed by atoms with van der Waals surface area (Å²) in [4.78, 5) is 28.9. The minimum atomic E-state index is 0.0764. The van der Waals surface area contributed by atoms with E-state index in [0.717, 1.165) is 41.2 Å². The summed E-state index contributed by atoms with van der Waals surface area (Å²) in [5, 5.41) is 3.97. The highest BCUT2D eigenvalue weighted by Gasteiger charge is 2.13. The average molecular weight is 453 g/mol. The summed E-state index contributed by atoms with van der Waals surface area (Å²) >= 11 is 6.06. The van der Waals surface area contributed by atoms with Crippen LogP contribution in [0.3, 0.4) is 0 Å². The Balaban J connectivity index is 1.71. The molecular weight excluding hydrogens is 424 g/mol. The fourth-order valence-electron chi connectivity index (χ4n) is 3.42. The molecule has 168 valence electrons. The van der Waals surface area contributed by atoms with E-state index in [1.807, 2.05) is 50.5 Å². The lowest BCUT2D eigenvalue weighted by Gasteiger charge is -2.23. The topological polar surface area (TPSA) is 74.2 Å². The van der Waals surface area contributed by atoms with Crippen molar-refractivity contribution < 1.29 is 4.79 Å². The molecule has 0 atom stereocenters. The summed E-state index contributed by atoms with van der Waals surface area (Å²) in [6.07, 6.45) is 4.42. The van der Waals surface area contributed by atoms with Gasteiger partial charge < -0.3 is 15.1 Å². The molecule has 1 aromatic carbocycles. The van der Waals surface area contributed by atoms with Gasteiger partial charge in [-0.05, 0) is 43.2 Å². The van der Waals surface area contributed by atoms with Crippen molar-refractivity contribution in [3.63, 3.8) is 0 Å². The van der Waals surface area contributed by atoms with Crippen molar-refractivity contribution >= 4 is 29.3 Å². The van der Waals surface area contributed by atoms with E-state index in [-0.39, 0.29) is 5.91 Å². The standard InChI is InChI=1S/C24H29ClN6O/c1-17-21(9-11-26-23(17)31(4)14-6-13-30(3)18(2)32)22-10-12-27-24(29-22)28-16-19-7-5-8-20(25)15-19/h5,7-12,15H,6,13-14,16H2,1-4H3,(H,27,28,29). The van der Waals surface area contributed by atoms with E-state index >= 15 is 0 Å². The van der Waals surface area contributed by atoms with Gasteiger partial charge in [-0.1, -0.05) is 23.7 Å². The highest BCUT2D eigenvalue weighted by Crippen LogP contribution is 2.27. The largest absolute Gasteiger partial charge is 0.359 e. The van der Waals surface area contributed by atoms with Gasteiger partial charge in [0.05, 0.1) is 5.69 Å². The molecule has 0 aliphatic heterocycles. The van der Waals surface area contributed by atoms with E-state index in [9.17, 15) is 4.79 Å². The molecule has 0 aliphatic carbocycles. The molecule has 0 aliphatic rings. The number of halogens is 1. The molecular formula is C24H29ClN6O. The van der Waals surface area contributed by atoms with Crippen molar-refractivity contribution in [3.8, 4) is 11.3 Å². The van der Waals surface area contributed by atoms with Crippen molar-refractivity contribution in [1.82, 2.24) is 19.9 Å². The third-order valence-corrected chi connectivity index (χ3v) is 5.57. The van der Waals surface area contributed by atoms with Crippen LogP contribution in [0.2, 0.25) is 5.02 Å². The normalized spacial score (nSPS) is 10.7. The van der Waals surface area contributed by atoms with Gasteiger partial charge >= 0.3 is 0 Å². The maximum Gasteiger partial charge on any atom is 0.223 e. The Labute approximate surface area is 194 Å². The Morgan fingerprint density at radius 1 is 1.09 bits per heavy atom. The number of nitrogens with zero attached hydrogens (tertiary/aromatic N) is 5. The van der Waals surface area contributed by atoms with Crippen molar-refractivity contribution in [1.29, 1.82) is 0 Å². The minimum absolute atomic E-state index is 0.0764. The Kier molecular flexibility index (Phi) is 8.00. The van der Waals surface area contributed by atoms with E-state index in [1.165, 1.54) is 0 Å². The summed E-state index contributed by atoms with van der Waals surface area (Å²) in [5.41, 5.74) is 3.95. The van der Waals surface area contributed by atoms with Crippen LogP contribution < -0.4 is 10.2 Å². The van der Waals surface area contributed by atoms with E-state index in [1.54, 1.807) is 24.2 Å². The number of aromatic nitrogens is 3. The Hall–Kier alpha value is -3.19. The van der Waals surface area contributed by atoms with Gasteiger partial charge in [0.1, 0.15) is 5.82 Å². The van der Waals surface area contributed by atoms with E-state index < -0.39 is 0 Å². The summed E-state index contributed by atoms with van der Waals surface area (Å²) < 4.78 is 0. The van der Waals surface area contributed by atoms with Crippen LogP contribution in [0.5, 0.6) is 0 Å². The van der Waals surface area contributed by atoms with Gasteiger partial charge in [-0.3, -0.25) is 4.79 Å². The third-order valence-electron chi connectivity index (χ3n) is 5.33. The van der Waals surface area contributed by atoms with Crippen molar-refractivity contribution in [3.05, 3.63) is 64.9 Å². The minimum Gasteiger partial charge on any atom is -0.359 e. The maximum absolute atomic E-state index is 11.4. The zero-order valence-corrected chi connectivity index (χ0v) is 19.7. The number of carbonyl (C=O) groups excluding carboxylic acids is 1. The first-order valence-electron chi connectivity index (χ1n) is 10.6. The molecule has 3 rings (SSSR count). The first-order chi connectivity index (χ1) is 15.3. The molecule has 7 nitrogen and oxygen atoms in total. The lowest BCUT2D eigenvalue weighted by molar-refractivity contribution is -0.127. The Bertz CT molecular complexity index is 1070. The molecule has 0 saturated carbocycles. The van der Waals surface area contributed by atoms with E-state index in [4.69, 9.17) is 16.6 Å². The molecule has 0 unspecified atom stereocenters. The molecule has 3 aromatic rings. The van der Waals surface area contributed by atoms with Crippen LogP contribution in [0.4, 0.5) is 11.8 Å². The Morgan fingerprint density at radius 3 is 2.62 bits per heavy atom. The first kappa shape index (κ1) is 23.5. The molecule has 2 heterocycles. The van der Waals surface area contributed by atoms with Gasteiger partial charge in [0, 0.05) is 69.2 Å². The summed E-state index contributed by atoms with van der Waals surface area (Å²) in [6, 6.07) is 11.6. The molecule has 8 heteroatoms. The van der Waals surface area contributed by atoms with Gasteiger partial charge in [-0.25, -0.2) is 15.0 Å². The molecule has 32 heavy (non-hydrogen) atoms. The third kappa shape index (κ3) is 6.17. The van der Waals surface area contributed by atoms with E-state index in [2.05, 4.69) is 27.1 Å². The van der Waals surface area contributed by atoms with Crippen molar-refractivity contribution in [2.45, 2.75) is 26.8 Å². The molecule has 0 bridgehead atoms. The van der Waals surface area contributed by atoms with Gasteiger partial charge in [0.25, 0.3) is 0 Å². The number of anilines is 2. The number of hydrogen-bond donors (Lipinski definition) is 1. The van der Waals surface area contributed by atoms with Gasteiger partial charge in [0.2, 0.25) is 11.9 Å². The van der Waals surface area contributed by atoms with Crippen LogP contribution >= 0.6 is 11.6 Å². The smallest absolute Gasteiger partial charge is 0.223 e. The monoisotopic (exact) mass is 452 g/mol. The number of pyridine rings is 1. The molecule has 1 N–H and O–H groups in total. The van der Waals surface area contributed by atoms with Crippen LogP contribution in [0, 0.1) is 6.92 Å². The van der Waals surface area contributed by atoms with Crippen LogP contribution in [0.25, 0.3) is 11.3 Å². The summed E-state index contributed by atoms with van der Waals surface area (Å²) in [5.74, 6) is 1.54. The second kappa shape index (κ2) is 10.9. The van der Waals surface area contributed by atoms with Crippen LogP contribution in [0.1, 0.15) is 24.5 Å². The maximum atomic E-state index is 11.4. The predicted molar refractivity (Wildman–Crippen MR) is 130 cm³/mol. The fraction of sp³-hybridized carbons (Fsp3) is 0.333. The number of hydrogen-bond acceptors (Lipinski definition) is 6. The van der Waals surface area contributed by atoms with Crippen molar-refractivity contribution in [2.75, 3.05) is 37.4 Å². The van der Waals surface area contributed by atoms with Crippen LogP contribution in [-0.4, -0.2) is 52.9 Å². The lowest BCUT2D eigenvalue weighted by atomic mass is 10.1. The number of rotatable bonds is 9. The Morgan fingerprint density at radius 2 is 1.88 bits per heavy atom. The zero-order valence-electron chi connectivity index (χ0n) is 19.0. The van der Waals surface area contributed by atoms with Crippen LogP contribution in [0.15, 0.2) is 48.8 Å². The van der Waals surface area contributed by atoms with Gasteiger partial charge in [-0.2, -0.15) is 0 Å². The highest BCUT2D eigenvalue weighted by atomic mass is 35.5. The first-order valence-corrected chi connectivity index (χ1v) is 10.9. The average Bonchev–Trinajstić information content (AvgIpc) is 2.78. The molecule has 1 amide bonds. The second-order valence-corrected chi connectivity index (χ2v) is 8.21. The SMILES string of the molecule is CC(=O)N(C)CCCN(C)c1nccc(-c2ccnc(NCc3cccc(Cl)c3)n2)c1C. The molecule has 0 saturated heterocycles. The quantitative estimate of drug-likeness (QED) is 0.518. The summed E-state index contributed by atoms with van der Waals surface area (Å²) in [7, 11) is 3.84. The molecule has 0 fully saturated rings. The molecule has 0 spiro atoms. The van der Waals surface area contributed by atoms with Crippen molar-refractivity contribution in [2.24, 2.45) is 0 Å². The molecule has 2 aromatic heterocycles.